The Kier molecular flexibility index (Phi) is 5.66. The molecule has 7 nitrogen and oxygen atoms in total. The number of sulfonamides is 1. The third-order valence-electron chi connectivity index (χ3n) is 3.22. The second-order valence-electron chi connectivity index (χ2n) is 4.78. The monoisotopic (exact) mass is 383 g/mol. The highest BCUT2D eigenvalue weighted by Crippen LogP contribution is 2.27. The van der Waals surface area contributed by atoms with E-state index in [1.807, 2.05) is 0 Å². The van der Waals surface area contributed by atoms with Gasteiger partial charge in [-0.1, -0.05) is 23.7 Å². The summed E-state index contributed by atoms with van der Waals surface area (Å²) < 4.78 is 36.8. The molecule has 2 rings (SSSR count). The van der Waals surface area contributed by atoms with Crippen LogP contribution < -0.4 is 4.72 Å². The molecule has 0 radical (unpaired) electrons. The second-order valence-corrected chi connectivity index (χ2v) is 6.84. The van der Waals surface area contributed by atoms with Gasteiger partial charge in [0.1, 0.15) is 4.90 Å². The van der Waals surface area contributed by atoms with E-state index in [1.54, 1.807) is 12.1 Å². The van der Waals surface area contributed by atoms with Crippen molar-refractivity contribution < 1.29 is 27.5 Å². The summed E-state index contributed by atoms with van der Waals surface area (Å²) in [5, 5.41) is -0.0873. The molecule has 2 aromatic carbocycles. The first kappa shape index (κ1) is 18.8. The van der Waals surface area contributed by atoms with E-state index in [9.17, 15) is 18.0 Å². The van der Waals surface area contributed by atoms with Gasteiger partial charge in [0, 0.05) is 0 Å². The van der Waals surface area contributed by atoms with Crippen LogP contribution in [0, 0.1) is 0 Å². The van der Waals surface area contributed by atoms with Gasteiger partial charge >= 0.3 is 11.9 Å². The first-order chi connectivity index (χ1) is 11.8. The summed E-state index contributed by atoms with van der Waals surface area (Å²) in [4.78, 5) is 23.0. The van der Waals surface area contributed by atoms with Crippen molar-refractivity contribution >= 4 is 39.3 Å². The van der Waals surface area contributed by atoms with Crippen LogP contribution in [0.15, 0.2) is 47.4 Å². The van der Waals surface area contributed by atoms with Gasteiger partial charge in [-0.05, 0) is 30.3 Å². The van der Waals surface area contributed by atoms with Crippen molar-refractivity contribution in [3.63, 3.8) is 0 Å². The van der Waals surface area contributed by atoms with Crippen molar-refractivity contribution in [2.75, 3.05) is 18.9 Å². The number of anilines is 1. The first-order valence-corrected chi connectivity index (χ1v) is 8.74. The number of esters is 2. The number of nitrogens with one attached hydrogen (secondary N) is 1. The van der Waals surface area contributed by atoms with Crippen molar-refractivity contribution in [2.24, 2.45) is 0 Å². The average Bonchev–Trinajstić information content (AvgIpc) is 2.60. The van der Waals surface area contributed by atoms with Gasteiger partial charge in [-0.2, -0.15) is 0 Å². The Morgan fingerprint density at radius 3 is 2.28 bits per heavy atom. The van der Waals surface area contributed by atoms with E-state index < -0.39 is 22.0 Å². The Hall–Kier alpha value is -2.58. The molecule has 0 amide bonds. The summed E-state index contributed by atoms with van der Waals surface area (Å²) in [6, 6.07) is 9.64. The molecule has 0 unspecified atom stereocenters. The van der Waals surface area contributed by atoms with Crippen molar-refractivity contribution in [1.29, 1.82) is 0 Å². The number of methoxy groups -OCH3 is 2. The van der Waals surface area contributed by atoms with E-state index in [4.69, 9.17) is 11.6 Å². The molecule has 1 N–H and O–H groups in total. The van der Waals surface area contributed by atoms with Crippen molar-refractivity contribution in [3.05, 3.63) is 58.6 Å². The molecule has 2 aromatic rings. The largest absolute Gasteiger partial charge is 0.465 e. The van der Waals surface area contributed by atoms with Crippen LogP contribution in [0.2, 0.25) is 5.02 Å². The number of hydrogen-bond donors (Lipinski definition) is 1. The average molecular weight is 384 g/mol. The number of ether oxygens (including phenoxy) is 2. The topological polar surface area (TPSA) is 98.8 Å². The minimum atomic E-state index is -4.17. The Balaban J connectivity index is 2.48. The summed E-state index contributed by atoms with van der Waals surface area (Å²) in [6.45, 7) is 0. The summed E-state index contributed by atoms with van der Waals surface area (Å²) in [7, 11) is -1.81. The maximum absolute atomic E-state index is 12.6. The normalized spacial score (nSPS) is 10.8. The first-order valence-electron chi connectivity index (χ1n) is 6.88. The third kappa shape index (κ3) is 4.09. The van der Waals surface area contributed by atoms with Gasteiger partial charge in [-0.25, -0.2) is 18.0 Å². The van der Waals surface area contributed by atoms with Gasteiger partial charge in [0.15, 0.2) is 0 Å². The molecule has 0 heterocycles. The Morgan fingerprint density at radius 2 is 1.64 bits per heavy atom. The van der Waals surface area contributed by atoms with E-state index in [0.717, 1.165) is 6.07 Å². The zero-order valence-electron chi connectivity index (χ0n) is 13.3. The van der Waals surface area contributed by atoms with E-state index >= 15 is 0 Å². The summed E-state index contributed by atoms with van der Waals surface area (Å²) in [5.41, 5.74) is 0.0798. The number of benzene rings is 2. The molecule has 25 heavy (non-hydrogen) atoms. The quantitative estimate of drug-likeness (QED) is 0.797. The van der Waals surface area contributed by atoms with Gasteiger partial charge in [-0.15, -0.1) is 0 Å². The smallest absolute Gasteiger partial charge is 0.339 e. The molecule has 0 aliphatic carbocycles. The number of carbonyl (C=O) groups excluding carboxylic acids is 2. The minimum Gasteiger partial charge on any atom is -0.465 e. The van der Waals surface area contributed by atoms with E-state index in [0.29, 0.717) is 0 Å². The van der Waals surface area contributed by atoms with Gasteiger partial charge in [0.05, 0.1) is 36.1 Å². The molecule has 0 saturated heterocycles. The van der Waals surface area contributed by atoms with Crippen LogP contribution in [-0.4, -0.2) is 34.6 Å². The minimum absolute atomic E-state index is 0.0218. The molecular weight excluding hydrogens is 370 g/mol. The molecule has 0 bridgehead atoms. The number of para-hydroxylation sites is 1. The van der Waals surface area contributed by atoms with Crippen molar-refractivity contribution in [2.45, 2.75) is 4.90 Å². The molecule has 0 saturated carbocycles. The van der Waals surface area contributed by atoms with Crippen LogP contribution in [0.25, 0.3) is 0 Å². The van der Waals surface area contributed by atoms with Gasteiger partial charge in [-0.3, -0.25) is 4.72 Å². The van der Waals surface area contributed by atoms with E-state index in [-0.39, 0.29) is 26.7 Å². The van der Waals surface area contributed by atoms with Crippen LogP contribution >= 0.6 is 11.6 Å². The predicted molar refractivity (Wildman–Crippen MR) is 91.4 cm³/mol. The fourth-order valence-corrected chi connectivity index (χ4v) is 3.62. The fraction of sp³-hybridized carbons (Fsp3) is 0.125. The van der Waals surface area contributed by atoms with E-state index in [2.05, 4.69) is 14.2 Å². The number of hydrogen-bond acceptors (Lipinski definition) is 6. The second kappa shape index (κ2) is 7.54. The number of rotatable bonds is 5. The predicted octanol–water partition coefficient (Wildman–Crippen LogP) is 2.71. The molecule has 0 spiro atoms. The number of halogens is 1. The molecular formula is C16H14ClNO6S. The Labute approximate surface area is 149 Å². The van der Waals surface area contributed by atoms with Crippen LogP contribution in [0.4, 0.5) is 5.69 Å². The van der Waals surface area contributed by atoms with Crippen LogP contribution in [-0.2, 0) is 19.5 Å². The molecule has 0 aliphatic rings. The van der Waals surface area contributed by atoms with Gasteiger partial charge in [0.2, 0.25) is 0 Å². The number of carbonyl (C=O) groups is 2. The summed E-state index contributed by atoms with van der Waals surface area (Å²) >= 11 is 5.96. The molecule has 0 aromatic heterocycles. The summed E-state index contributed by atoms with van der Waals surface area (Å²) in [6.07, 6.45) is 0. The van der Waals surface area contributed by atoms with Gasteiger partial charge in [0.25, 0.3) is 10.0 Å². The zero-order chi connectivity index (χ0) is 18.6. The molecule has 9 heteroatoms. The maximum atomic E-state index is 12.6. The highest BCUT2D eigenvalue weighted by atomic mass is 35.5. The Bertz CT molecular complexity index is 926. The fourth-order valence-electron chi connectivity index (χ4n) is 2.01. The highest BCUT2D eigenvalue weighted by molar-refractivity contribution is 7.92. The van der Waals surface area contributed by atoms with Gasteiger partial charge < -0.3 is 9.47 Å². The van der Waals surface area contributed by atoms with E-state index in [1.165, 1.54) is 38.5 Å². The third-order valence-corrected chi connectivity index (χ3v) is 5.07. The van der Waals surface area contributed by atoms with Crippen molar-refractivity contribution in [3.8, 4) is 0 Å². The lowest BCUT2D eigenvalue weighted by atomic mass is 10.2. The summed E-state index contributed by atoms with van der Waals surface area (Å²) in [5.74, 6) is -1.41. The van der Waals surface area contributed by atoms with Crippen LogP contribution in [0.5, 0.6) is 0 Å². The lowest BCUT2D eigenvalue weighted by molar-refractivity contribution is 0.0592. The molecule has 132 valence electrons. The molecule has 0 aliphatic heterocycles. The SMILES string of the molecule is COC(=O)c1ccc(Cl)c(S(=O)(=O)Nc2ccccc2C(=O)OC)c1. The van der Waals surface area contributed by atoms with Crippen LogP contribution in [0.1, 0.15) is 20.7 Å². The lowest BCUT2D eigenvalue weighted by Crippen LogP contribution is -2.17. The Morgan fingerprint density at radius 1 is 1.00 bits per heavy atom. The van der Waals surface area contributed by atoms with Crippen molar-refractivity contribution in [1.82, 2.24) is 0 Å². The highest BCUT2D eigenvalue weighted by Gasteiger charge is 2.23. The molecule has 0 fully saturated rings. The lowest BCUT2D eigenvalue weighted by Gasteiger charge is -2.13. The maximum Gasteiger partial charge on any atom is 0.339 e. The van der Waals surface area contributed by atoms with Crippen LogP contribution in [0.3, 0.4) is 0 Å². The molecule has 0 atom stereocenters. The standard InChI is InChI=1S/C16H14ClNO6S/c1-23-15(19)10-7-8-12(17)14(9-10)25(21,22)18-13-6-4-3-5-11(13)16(20)24-2/h3-9,18H,1-2H3. The zero-order valence-corrected chi connectivity index (χ0v) is 14.8.